The van der Waals surface area contributed by atoms with Crippen molar-refractivity contribution in [1.29, 1.82) is 0 Å². The molecule has 7 nitrogen and oxygen atoms in total. The highest BCUT2D eigenvalue weighted by Crippen LogP contribution is 2.16. The fourth-order valence-electron chi connectivity index (χ4n) is 1.49. The molecule has 0 radical (unpaired) electrons. The second-order valence-corrected chi connectivity index (χ2v) is 3.74. The number of hydrogen-bond acceptors (Lipinski definition) is 5. The molecule has 0 aliphatic heterocycles. The first kappa shape index (κ1) is 12.7. The van der Waals surface area contributed by atoms with Gasteiger partial charge >= 0.3 is 0 Å². The molecule has 0 saturated heterocycles. The monoisotopic (exact) mass is 260 g/mol. The van der Waals surface area contributed by atoms with Gasteiger partial charge in [-0.2, -0.15) is 0 Å². The summed E-state index contributed by atoms with van der Waals surface area (Å²) in [6, 6.07) is 7.01. The zero-order valence-electron chi connectivity index (χ0n) is 10.2. The van der Waals surface area contributed by atoms with E-state index in [-0.39, 0.29) is 18.1 Å². The summed E-state index contributed by atoms with van der Waals surface area (Å²) < 4.78 is 6.35. The molecular formula is C12H12N4O3. The topological polar surface area (TPSA) is 86.1 Å². The third-order valence-corrected chi connectivity index (χ3v) is 2.34. The molecule has 19 heavy (non-hydrogen) atoms. The van der Waals surface area contributed by atoms with Gasteiger partial charge in [-0.3, -0.25) is 9.59 Å². The van der Waals surface area contributed by atoms with Gasteiger partial charge in [-0.05, 0) is 12.1 Å². The number of ether oxygens (including phenoxy) is 1. The first-order chi connectivity index (χ1) is 9.21. The van der Waals surface area contributed by atoms with Crippen LogP contribution in [0, 0.1) is 0 Å². The summed E-state index contributed by atoms with van der Waals surface area (Å²) in [5, 5.41) is 9.92. The van der Waals surface area contributed by atoms with Gasteiger partial charge in [0.15, 0.2) is 6.29 Å². The van der Waals surface area contributed by atoms with Gasteiger partial charge in [0, 0.05) is 11.8 Å². The van der Waals surface area contributed by atoms with Crippen molar-refractivity contribution < 1.29 is 14.3 Å². The summed E-state index contributed by atoms with van der Waals surface area (Å²) in [6.45, 7) is -0.0158. The lowest BCUT2D eigenvalue weighted by molar-refractivity contribution is -0.116. The van der Waals surface area contributed by atoms with Gasteiger partial charge in [-0.15, -0.1) is 5.10 Å². The van der Waals surface area contributed by atoms with E-state index in [1.54, 1.807) is 31.4 Å². The second kappa shape index (κ2) is 5.76. The minimum absolute atomic E-state index is 0.0158. The maximum atomic E-state index is 11.8. The molecule has 0 fully saturated rings. The lowest BCUT2D eigenvalue weighted by Crippen LogP contribution is -2.19. The minimum Gasteiger partial charge on any atom is -0.497 e. The number of methoxy groups -OCH3 is 1. The summed E-state index contributed by atoms with van der Waals surface area (Å²) in [7, 11) is 1.55. The minimum atomic E-state index is -0.268. The number of aromatic nitrogens is 3. The largest absolute Gasteiger partial charge is 0.497 e. The first-order valence-corrected chi connectivity index (χ1v) is 5.50. The van der Waals surface area contributed by atoms with E-state index in [4.69, 9.17) is 4.74 Å². The highest BCUT2D eigenvalue weighted by atomic mass is 16.5. The third kappa shape index (κ3) is 3.38. The molecule has 0 spiro atoms. The Labute approximate surface area is 109 Å². The predicted octanol–water partition coefficient (Wildman–Crippen LogP) is 0.738. The van der Waals surface area contributed by atoms with Crippen molar-refractivity contribution >= 4 is 17.9 Å². The Morgan fingerprint density at radius 3 is 3.05 bits per heavy atom. The number of carbonyl (C=O) groups is 2. The molecule has 0 aliphatic carbocycles. The molecule has 1 heterocycles. The van der Waals surface area contributed by atoms with Crippen LogP contribution in [0.4, 0.5) is 5.69 Å². The summed E-state index contributed by atoms with van der Waals surface area (Å²) in [6.07, 6.45) is 1.97. The quantitative estimate of drug-likeness (QED) is 0.801. The Bertz CT molecular complexity index is 594. The maximum absolute atomic E-state index is 11.8. The highest BCUT2D eigenvalue weighted by molar-refractivity contribution is 5.90. The van der Waals surface area contributed by atoms with Crippen LogP contribution in [-0.4, -0.2) is 34.3 Å². The lowest BCUT2D eigenvalue weighted by atomic mass is 10.3. The highest BCUT2D eigenvalue weighted by Gasteiger charge is 2.06. The Hall–Kier alpha value is -2.70. The van der Waals surface area contributed by atoms with Crippen molar-refractivity contribution in [3.05, 3.63) is 36.2 Å². The van der Waals surface area contributed by atoms with E-state index in [1.165, 1.54) is 10.9 Å². The van der Waals surface area contributed by atoms with Gasteiger partial charge in [-0.1, -0.05) is 11.3 Å². The first-order valence-electron chi connectivity index (χ1n) is 5.50. The Morgan fingerprint density at radius 1 is 1.53 bits per heavy atom. The number of nitrogens with one attached hydrogen (secondary N) is 1. The normalized spacial score (nSPS) is 9.95. The van der Waals surface area contributed by atoms with Crippen LogP contribution in [0.5, 0.6) is 5.75 Å². The number of amides is 1. The molecule has 1 aromatic carbocycles. The van der Waals surface area contributed by atoms with Crippen molar-refractivity contribution in [2.24, 2.45) is 0 Å². The Kier molecular flexibility index (Phi) is 3.87. The predicted molar refractivity (Wildman–Crippen MR) is 67.0 cm³/mol. The Morgan fingerprint density at radius 2 is 2.37 bits per heavy atom. The summed E-state index contributed by atoms with van der Waals surface area (Å²) in [4.78, 5) is 22.2. The van der Waals surface area contributed by atoms with Gasteiger partial charge in [0.1, 0.15) is 18.0 Å². The van der Waals surface area contributed by atoms with Gasteiger partial charge in [0.05, 0.1) is 13.3 Å². The Balaban J connectivity index is 1.98. The number of hydrogen-bond donors (Lipinski definition) is 1. The molecule has 98 valence electrons. The molecule has 1 amide bonds. The molecule has 0 unspecified atom stereocenters. The molecular weight excluding hydrogens is 248 g/mol. The van der Waals surface area contributed by atoms with Crippen LogP contribution >= 0.6 is 0 Å². The van der Waals surface area contributed by atoms with Gasteiger partial charge in [0.2, 0.25) is 5.91 Å². The fraction of sp³-hybridized carbons (Fsp3) is 0.167. The van der Waals surface area contributed by atoms with Crippen molar-refractivity contribution in [2.45, 2.75) is 6.54 Å². The van der Waals surface area contributed by atoms with E-state index in [2.05, 4.69) is 15.6 Å². The number of anilines is 1. The van der Waals surface area contributed by atoms with E-state index < -0.39 is 0 Å². The van der Waals surface area contributed by atoms with Crippen LogP contribution in [0.1, 0.15) is 10.5 Å². The summed E-state index contributed by atoms with van der Waals surface area (Å²) in [5.74, 6) is 0.386. The average molecular weight is 260 g/mol. The molecule has 2 aromatic rings. The summed E-state index contributed by atoms with van der Waals surface area (Å²) in [5.41, 5.74) is 0.814. The summed E-state index contributed by atoms with van der Waals surface area (Å²) >= 11 is 0. The van der Waals surface area contributed by atoms with Crippen LogP contribution in [0.3, 0.4) is 0 Å². The van der Waals surface area contributed by atoms with E-state index in [9.17, 15) is 9.59 Å². The van der Waals surface area contributed by atoms with E-state index in [0.717, 1.165) is 0 Å². The standard InChI is InChI=1S/C12H12N4O3/c1-19-11-4-2-3-9(5-11)13-12(18)7-16-6-10(8-17)14-15-16/h2-6,8H,7H2,1H3,(H,13,18). The van der Waals surface area contributed by atoms with Crippen LogP contribution in [-0.2, 0) is 11.3 Å². The smallest absolute Gasteiger partial charge is 0.246 e. The third-order valence-electron chi connectivity index (χ3n) is 2.34. The van der Waals surface area contributed by atoms with Crippen LogP contribution in [0.15, 0.2) is 30.5 Å². The number of benzene rings is 1. The SMILES string of the molecule is COc1cccc(NC(=O)Cn2cc(C=O)nn2)c1. The average Bonchev–Trinajstić information content (AvgIpc) is 2.86. The van der Waals surface area contributed by atoms with Gasteiger partial charge in [-0.25, -0.2) is 4.68 Å². The molecule has 2 rings (SSSR count). The number of carbonyl (C=O) groups excluding carboxylic acids is 2. The van der Waals surface area contributed by atoms with E-state index in [0.29, 0.717) is 17.7 Å². The maximum Gasteiger partial charge on any atom is 0.246 e. The number of rotatable bonds is 5. The van der Waals surface area contributed by atoms with Crippen LogP contribution in [0.25, 0.3) is 0 Å². The second-order valence-electron chi connectivity index (χ2n) is 3.74. The molecule has 1 N–H and O–H groups in total. The van der Waals surface area contributed by atoms with Crippen LogP contribution in [0.2, 0.25) is 0 Å². The molecule has 1 aromatic heterocycles. The molecule has 0 saturated carbocycles. The van der Waals surface area contributed by atoms with Gasteiger partial charge < -0.3 is 10.1 Å². The number of aldehydes is 1. The number of nitrogens with zero attached hydrogens (tertiary/aromatic N) is 3. The van der Waals surface area contributed by atoms with Crippen molar-refractivity contribution in [2.75, 3.05) is 12.4 Å². The van der Waals surface area contributed by atoms with E-state index in [1.807, 2.05) is 0 Å². The van der Waals surface area contributed by atoms with Crippen LogP contribution < -0.4 is 10.1 Å². The zero-order chi connectivity index (χ0) is 13.7. The zero-order valence-corrected chi connectivity index (χ0v) is 10.2. The van der Waals surface area contributed by atoms with Crippen molar-refractivity contribution in [3.8, 4) is 5.75 Å². The molecule has 0 atom stereocenters. The van der Waals surface area contributed by atoms with Crippen molar-refractivity contribution in [1.82, 2.24) is 15.0 Å². The molecule has 0 bridgehead atoms. The van der Waals surface area contributed by atoms with Crippen molar-refractivity contribution in [3.63, 3.8) is 0 Å². The molecule has 0 aliphatic rings. The van der Waals surface area contributed by atoms with Gasteiger partial charge in [0.25, 0.3) is 0 Å². The van der Waals surface area contributed by atoms with E-state index >= 15 is 0 Å². The fourth-order valence-corrected chi connectivity index (χ4v) is 1.49. The lowest BCUT2D eigenvalue weighted by Gasteiger charge is -2.06. The molecule has 7 heteroatoms.